The van der Waals surface area contributed by atoms with E-state index >= 15 is 0 Å². The molecular formula is C11H12BrNO4. The van der Waals surface area contributed by atoms with Gasteiger partial charge in [0.05, 0.1) is 12.7 Å². The van der Waals surface area contributed by atoms with Gasteiger partial charge in [-0.15, -0.1) is 0 Å². The molecule has 1 aromatic rings. The first-order valence-corrected chi connectivity index (χ1v) is 5.87. The van der Waals surface area contributed by atoms with E-state index in [1.54, 1.807) is 6.07 Å². The van der Waals surface area contributed by atoms with Gasteiger partial charge in [0.1, 0.15) is 10.2 Å². The molecule has 0 spiro atoms. The number of ether oxygens (including phenoxy) is 3. The quantitative estimate of drug-likeness (QED) is 0.858. The number of fused-ring (bicyclic) bond motifs is 1. The minimum atomic E-state index is -0.0802. The number of benzene rings is 1. The van der Waals surface area contributed by atoms with Crippen molar-refractivity contribution < 1.29 is 19.0 Å². The van der Waals surface area contributed by atoms with Crippen LogP contribution >= 0.6 is 15.9 Å². The molecule has 0 unspecified atom stereocenters. The summed E-state index contributed by atoms with van der Waals surface area (Å²) in [6.45, 7) is 0.444. The Bertz CT molecular complexity index is 461. The summed E-state index contributed by atoms with van der Waals surface area (Å²) in [6, 6.07) is 1.63. The number of hydrogen-bond donors (Lipinski definition) is 1. The lowest BCUT2D eigenvalue weighted by atomic mass is 10.1. The lowest BCUT2D eigenvalue weighted by molar-refractivity contribution is 0.0982. The van der Waals surface area contributed by atoms with Gasteiger partial charge in [-0.05, 0) is 28.5 Å². The smallest absolute Gasteiger partial charge is 0.231 e. The molecule has 0 bridgehead atoms. The maximum Gasteiger partial charge on any atom is 0.231 e. The van der Waals surface area contributed by atoms with Gasteiger partial charge in [0.2, 0.25) is 6.79 Å². The molecule has 1 aliphatic heterocycles. The summed E-state index contributed by atoms with van der Waals surface area (Å²) in [5.74, 6) is 1.47. The standard InChI is InChI=1S/C11H12BrNO4/c1-15-10-6(7(14)2-3-13)4-8-11(9(10)12)17-5-16-8/h4H,2-3,5,13H2,1H3. The highest BCUT2D eigenvalue weighted by Crippen LogP contribution is 2.46. The average molecular weight is 302 g/mol. The van der Waals surface area contributed by atoms with Crippen molar-refractivity contribution in [3.63, 3.8) is 0 Å². The zero-order valence-corrected chi connectivity index (χ0v) is 10.9. The molecule has 0 atom stereocenters. The maximum absolute atomic E-state index is 11.9. The minimum absolute atomic E-state index is 0.0802. The molecule has 5 nitrogen and oxygen atoms in total. The van der Waals surface area contributed by atoms with E-state index in [4.69, 9.17) is 19.9 Å². The van der Waals surface area contributed by atoms with Gasteiger partial charge in [0, 0.05) is 6.42 Å². The number of carbonyl (C=O) groups is 1. The van der Waals surface area contributed by atoms with Crippen molar-refractivity contribution >= 4 is 21.7 Å². The van der Waals surface area contributed by atoms with Crippen LogP contribution in [0, 0.1) is 0 Å². The van der Waals surface area contributed by atoms with Crippen LogP contribution in [0.5, 0.6) is 17.2 Å². The van der Waals surface area contributed by atoms with Gasteiger partial charge in [0.25, 0.3) is 0 Å². The third-order valence-corrected chi connectivity index (χ3v) is 3.16. The molecule has 0 saturated carbocycles. The van der Waals surface area contributed by atoms with Crippen LogP contribution in [0.25, 0.3) is 0 Å². The Kier molecular flexibility index (Phi) is 3.54. The van der Waals surface area contributed by atoms with Gasteiger partial charge in [-0.1, -0.05) is 0 Å². The predicted molar refractivity (Wildman–Crippen MR) is 64.8 cm³/mol. The van der Waals surface area contributed by atoms with E-state index in [-0.39, 0.29) is 19.0 Å². The van der Waals surface area contributed by atoms with Crippen LogP contribution in [0.15, 0.2) is 10.5 Å². The van der Waals surface area contributed by atoms with E-state index in [1.165, 1.54) is 7.11 Å². The summed E-state index contributed by atoms with van der Waals surface area (Å²) in [6.07, 6.45) is 0.266. The number of ketones is 1. The molecule has 0 aliphatic carbocycles. The monoisotopic (exact) mass is 301 g/mol. The van der Waals surface area contributed by atoms with Crippen molar-refractivity contribution in [1.82, 2.24) is 0 Å². The van der Waals surface area contributed by atoms with Crippen molar-refractivity contribution in [2.45, 2.75) is 6.42 Å². The topological polar surface area (TPSA) is 70.8 Å². The highest BCUT2D eigenvalue weighted by Gasteiger charge is 2.26. The number of carbonyl (C=O) groups excluding carboxylic acids is 1. The zero-order chi connectivity index (χ0) is 12.4. The number of halogens is 1. The Hall–Kier alpha value is -1.27. The molecule has 2 rings (SSSR count). The van der Waals surface area contributed by atoms with E-state index in [9.17, 15) is 4.79 Å². The molecular weight excluding hydrogens is 290 g/mol. The minimum Gasteiger partial charge on any atom is -0.495 e. The largest absolute Gasteiger partial charge is 0.495 e. The lowest BCUT2D eigenvalue weighted by Crippen LogP contribution is -2.09. The summed E-state index contributed by atoms with van der Waals surface area (Å²) in [7, 11) is 1.50. The van der Waals surface area contributed by atoms with E-state index in [0.29, 0.717) is 33.8 Å². The second kappa shape index (κ2) is 4.93. The second-order valence-electron chi connectivity index (χ2n) is 3.47. The number of methoxy groups -OCH3 is 1. The van der Waals surface area contributed by atoms with E-state index in [2.05, 4.69) is 15.9 Å². The van der Waals surface area contributed by atoms with E-state index < -0.39 is 0 Å². The molecule has 0 amide bonds. The Morgan fingerprint density at radius 2 is 2.35 bits per heavy atom. The predicted octanol–water partition coefficient (Wildman–Crippen LogP) is 1.72. The van der Waals surface area contributed by atoms with Crippen LogP contribution in [-0.2, 0) is 0 Å². The van der Waals surface area contributed by atoms with Gasteiger partial charge in [-0.2, -0.15) is 0 Å². The number of rotatable bonds is 4. The van der Waals surface area contributed by atoms with Crippen LogP contribution in [0.3, 0.4) is 0 Å². The summed E-state index contributed by atoms with van der Waals surface area (Å²) in [5, 5.41) is 0. The van der Waals surface area contributed by atoms with Crippen LogP contribution in [0.4, 0.5) is 0 Å². The number of Topliss-reactive ketones (excluding diaryl/α,β-unsaturated/α-hetero) is 1. The average Bonchev–Trinajstić information content (AvgIpc) is 2.77. The Labute approximate surface area is 107 Å². The lowest BCUT2D eigenvalue weighted by Gasteiger charge is -2.11. The Morgan fingerprint density at radius 3 is 3.00 bits per heavy atom. The molecule has 2 N–H and O–H groups in total. The summed E-state index contributed by atoms with van der Waals surface area (Å²) < 4.78 is 16.4. The van der Waals surface area contributed by atoms with Crippen molar-refractivity contribution in [3.8, 4) is 17.2 Å². The molecule has 17 heavy (non-hydrogen) atoms. The normalized spacial score (nSPS) is 12.6. The maximum atomic E-state index is 11.9. The van der Waals surface area contributed by atoms with E-state index in [0.717, 1.165) is 0 Å². The SMILES string of the molecule is COc1c(C(=O)CCN)cc2c(c1Br)OCO2. The molecule has 1 heterocycles. The molecule has 1 aromatic carbocycles. The van der Waals surface area contributed by atoms with Crippen LogP contribution in [0.1, 0.15) is 16.8 Å². The van der Waals surface area contributed by atoms with Gasteiger partial charge in [-0.25, -0.2) is 0 Å². The molecule has 1 aliphatic rings. The number of hydrogen-bond acceptors (Lipinski definition) is 5. The zero-order valence-electron chi connectivity index (χ0n) is 9.29. The molecule has 0 radical (unpaired) electrons. The van der Waals surface area contributed by atoms with Crippen molar-refractivity contribution in [2.75, 3.05) is 20.4 Å². The first-order valence-electron chi connectivity index (χ1n) is 5.08. The fourth-order valence-corrected chi connectivity index (χ4v) is 2.34. The summed E-state index contributed by atoms with van der Waals surface area (Å²) in [5.41, 5.74) is 5.83. The first kappa shape index (κ1) is 12.2. The Balaban J connectivity index is 2.51. The molecule has 0 fully saturated rings. The van der Waals surface area contributed by atoms with E-state index in [1.807, 2.05) is 0 Å². The molecule has 0 saturated heterocycles. The third-order valence-electron chi connectivity index (χ3n) is 2.44. The summed E-state index contributed by atoms with van der Waals surface area (Å²) in [4.78, 5) is 11.9. The van der Waals surface area contributed by atoms with Crippen molar-refractivity contribution in [3.05, 3.63) is 16.1 Å². The van der Waals surface area contributed by atoms with Crippen LogP contribution in [-0.4, -0.2) is 26.2 Å². The van der Waals surface area contributed by atoms with Gasteiger partial charge < -0.3 is 19.9 Å². The van der Waals surface area contributed by atoms with Gasteiger partial charge in [0.15, 0.2) is 17.3 Å². The van der Waals surface area contributed by atoms with Gasteiger partial charge in [-0.3, -0.25) is 4.79 Å². The van der Waals surface area contributed by atoms with Crippen molar-refractivity contribution in [2.24, 2.45) is 5.73 Å². The van der Waals surface area contributed by atoms with Crippen LogP contribution in [0.2, 0.25) is 0 Å². The highest BCUT2D eigenvalue weighted by molar-refractivity contribution is 9.10. The van der Waals surface area contributed by atoms with Crippen molar-refractivity contribution in [1.29, 1.82) is 0 Å². The fraction of sp³-hybridized carbons (Fsp3) is 0.364. The molecule has 6 heteroatoms. The third kappa shape index (κ3) is 2.10. The highest BCUT2D eigenvalue weighted by atomic mass is 79.9. The summed E-state index contributed by atoms with van der Waals surface area (Å²) >= 11 is 3.35. The second-order valence-corrected chi connectivity index (χ2v) is 4.26. The van der Waals surface area contributed by atoms with Crippen LogP contribution < -0.4 is 19.9 Å². The van der Waals surface area contributed by atoms with Gasteiger partial charge >= 0.3 is 0 Å². The Morgan fingerprint density at radius 1 is 1.59 bits per heavy atom. The first-order chi connectivity index (χ1) is 8.19. The fourth-order valence-electron chi connectivity index (χ4n) is 1.66. The molecule has 0 aromatic heterocycles. The number of nitrogens with two attached hydrogens (primary N) is 1. The molecule has 92 valence electrons.